The number of aromatic nitrogens is 1. The number of hydrogen-bond donors (Lipinski definition) is 1. The summed E-state index contributed by atoms with van der Waals surface area (Å²) in [5.74, 6) is 1.15. The molecule has 2 heterocycles. The van der Waals surface area contributed by atoms with Crippen molar-refractivity contribution < 1.29 is 0 Å². The average molecular weight is 262 g/mol. The van der Waals surface area contributed by atoms with Crippen LogP contribution in [0.5, 0.6) is 0 Å². The molecule has 4 heteroatoms. The maximum absolute atomic E-state index is 4.79. The minimum atomic E-state index is 0.937. The Kier molecular flexibility index (Phi) is 5.16. The van der Waals surface area contributed by atoms with Gasteiger partial charge in [0.05, 0.1) is 0 Å². The van der Waals surface area contributed by atoms with Crippen LogP contribution in [-0.4, -0.2) is 49.7 Å². The molecule has 1 saturated heterocycles. The van der Waals surface area contributed by atoms with Gasteiger partial charge in [0.15, 0.2) is 0 Å². The van der Waals surface area contributed by atoms with Gasteiger partial charge >= 0.3 is 0 Å². The van der Waals surface area contributed by atoms with Crippen LogP contribution in [0, 0.1) is 0 Å². The molecular formula is C15H26N4. The van der Waals surface area contributed by atoms with E-state index >= 15 is 0 Å². The van der Waals surface area contributed by atoms with Gasteiger partial charge in [-0.3, -0.25) is 0 Å². The molecule has 106 valence electrons. The maximum atomic E-state index is 4.79. The minimum absolute atomic E-state index is 0.937. The van der Waals surface area contributed by atoms with Crippen molar-refractivity contribution in [3.63, 3.8) is 0 Å². The Morgan fingerprint density at radius 3 is 2.53 bits per heavy atom. The van der Waals surface area contributed by atoms with Crippen LogP contribution in [0.4, 0.5) is 5.82 Å². The Balaban J connectivity index is 2.14. The Labute approximate surface area is 116 Å². The molecule has 19 heavy (non-hydrogen) atoms. The third-order valence-electron chi connectivity index (χ3n) is 3.69. The number of aryl methyl sites for hydroxylation is 1. The van der Waals surface area contributed by atoms with Crippen molar-refractivity contribution in [3.05, 3.63) is 23.4 Å². The number of nitrogens with one attached hydrogen (secondary N) is 1. The molecule has 0 aliphatic carbocycles. The first-order valence-electron chi connectivity index (χ1n) is 7.37. The van der Waals surface area contributed by atoms with Gasteiger partial charge in [-0.25, -0.2) is 4.98 Å². The summed E-state index contributed by atoms with van der Waals surface area (Å²) in [5.41, 5.74) is 2.55. The molecule has 1 aromatic heterocycles. The summed E-state index contributed by atoms with van der Waals surface area (Å²) in [4.78, 5) is 9.57. The highest BCUT2D eigenvalue weighted by Gasteiger charge is 2.16. The van der Waals surface area contributed by atoms with Crippen LogP contribution in [0.1, 0.15) is 25.1 Å². The van der Waals surface area contributed by atoms with Crippen LogP contribution >= 0.6 is 0 Å². The summed E-state index contributed by atoms with van der Waals surface area (Å²) in [7, 11) is 2.18. The number of piperazine rings is 1. The van der Waals surface area contributed by atoms with Gasteiger partial charge in [-0.1, -0.05) is 13.8 Å². The van der Waals surface area contributed by atoms with Crippen LogP contribution in [0.15, 0.2) is 12.1 Å². The lowest BCUT2D eigenvalue weighted by molar-refractivity contribution is 0.312. The van der Waals surface area contributed by atoms with Gasteiger partial charge in [0.25, 0.3) is 0 Å². The van der Waals surface area contributed by atoms with E-state index in [0.29, 0.717) is 0 Å². The second kappa shape index (κ2) is 6.87. The van der Waals surface area contributed by atoms with Crippen LogP contribution < -0.4 is 10.2 Å². The summed E-state index contributed by atoms with van der Waals surface area (Å²) < 4.78 is 0. The summed E-state index contributed by atoms with van der Waals surface area (Å²) >= 11 is 0. The zero-order chi connectivity index (χ0) is 13.7. The molecule has 0 aromatic carbocycles. The normalized spacial score (nSPS) is 16.9. The molecule has 0 radical (unpaired) electrons. The van der Waals surface area contributed by atoms with Crippen molar-refractivity contribution in [2.24, 2.45) is 0 Å². The van der Waals surface area contributed by atoms with E-state index in [1.54, 1.807) is 0 Å². The molecule has 1 aliphatic rings. The number of nitrogens with zero attached hydrogens (tertiary/aromatic N) is 3. The van der Waals surface area contributed by atoms with E-state index in [9.17, 15) is 0 Å². The summed E-state index contributed by atoms with van der Waals surface area (Å²) in [6.45, 7) is 10.7. The van der Waals surface area contributed by atoms with E-state index < -0.39 is 0 Å². The molecule has 1 aliphatic heterocycles. The van der Waals surface area contributed by atoms with Crippen molar-refractivity contribution >= 4 is 5.82 Å². The van der Waals surface area contributed by atoms with Gasteiger partial charge in [-0.2, -0.15) is 0 Å². The second-order valence-corrected chi connectivity index (χ2v) is 5.25. The molecule has 0 atom stereocenters. The van der Waals surface area contributed by atoms with Gasteiger partial charge in [-0.05, 0) is 37.7 Å². The van der Waals surface area contributed by atoms with Gasteiger partial charge in [0.1, 0.15) is 5.82 Å². The smallest absolute Gasteiger partial charge is 0.129 e. The largest absolute Gasteiger partial charge is 0.354 e. The van der Waals surface area contributed by atoms with Crippen molar-refractivity contribution in [1.82, 2.24) is 15.2 Å². The van der Waals surface area contributed by atoms with E-state index in [2.05, 4.69) is 48.1 Å². The van der Waals surface area contributed by atoms with Crippen LogP contribution in [0.25, 0.3) is 0 Å². The highest BCUT2D eigenvalue weighted by molar-refractivity contribution is 5.43. The molecular weight excluding hydrogens is 236 g/mol. The SMILES string of the molecule is CCNCc1cc(CC)nc(N2CCN(C)CC2)c1. The molecule has 1 aromatic rings. The van der Waals surface area contributed by atoms with Crippen LogP contribution in [-0.2, 0) is 13.0 Å². The number of likely N-dealkylation sites (N-methyl/N-ethyl adjacent to an activating group) is 1. The summed E-state index contributed by atoms with van der Waals surface area (Å²) in [6, 6.07) is 4.47. The number of pyridine rings is 1. The fraction of sp³-hybridized carbons (Fsp3) is 0.667. The maximum Gasteiger partial charge on any atom is 0.129 e. The highest BCUT2D eigenvalue weighted by atomic mass is 15.3. The first-order chi connectivity index (χ1) is 9.22. The zero-order valence-electron chi connectivity index (χ0n) is 12.4. The van der Waals surface area contributed by atoms with Gasteiger partial charge in [-0.15, -0.1) is 0 Å². The standard InChI is InChI=1S/C15H26N4/c1-4-14-10-13(12-16-5-2)11-15(17-14)19-8-6-18(3)7-9-19/h10-11,16H,4-9,12H2,1-3H3. The monoisotopic (exact) mass is 262 g/mol. The second-order valence-electron chi connectivity index (χ2n) is 5.25. The first kappa shape index (κ1) is 14.3. The van der Waals surface area contributed by atoms with E-state index in [4.69, 9.17) is 4.98 Å². The quantitative estimate of drug-likeness (QED) is 0.871. The molecule has 1 N–H and O–H groups in total. The summed E-state index contributed by atoms with van der Waals surface area (Å²) in [5, 5.41) is 3.40. The minimum Gasteiger partial charge on any atom is -0.354 e. The van der Waals surface area contributed by atoms with Gasteiger partial charge in [0.2, 0.25) is 0 Å². The Hall–Kier alpha value is -1.13. The molecule has 0 amide bonds. The highest BCUT2D eigenvalue weighted by Crippen LogP contribution is 2.17. The molecule has 1 fully saturated rings. The molecule has 0 saturated carbocycles. The van der Waals surface area contributed by atoms with E-state index in [-0.39, 0.29) is 0 Å². The fourth-order valence-corrected chi connectivity index (χ4v) is 2.38. The lowest BCUT2D eigenvalue weighted by Crippen LogP contribution is -2.44. The Morgan fingerprint density at radius 2 is 1.89 bits per heavy atom. The molecule has 4 nitrogen and oxygen atoms in total. The number of hydrogen-bond acceptors (Lipinski definition) is 4. The van der Waals surface area contributed by atoms with E-state index in [1.807, 2.05) is 0 Å². The van der Waals surface area contributed by atoms with Crippen molar-refractivity contribution in [2.45, 2.75) is 26.8 Å². The summed E-state index contributed by atoms with van der Waals surface area (Å²) in [6.07, 6.45) is 1.00. The van der Waals surface area contributed by atoms with Crippen molar-refractivity contribution in [3.8, 4) is 0 Å². The Morgan fingerprint density at radius 1 is 1.16 bits per heavy atom. The van der Waals surface area contributed by atoms with Crippen LogP contribution in [0.2, 0.25) is 0 Å². The van der Waals surface area contributed by atoms with E-state index in [1.165, 1.54) is 11.3 Å². The topological polar surface area (TPSA) is 31.4 Å². The van der Waals surface area contributed by atoms with Crippen molar-refractivity contribution in [1.29, 1.82) is 0 Å². The van der Waals surface area contributed by atoms with E-state index in [0.717, 1.165) is 51.5 Å². The lowest BCUT2D eigenvalue weighted by atomic mass is 10.1. The molecule has 0 spiro atoms. The van der Waals surface area contributed by atoms with Crippen LogP contribution in [0.3, 0.4) is 0 Å². The predicted octanol–water partition coefficient (Wildman–Crippen LogP) is 1.51. The molecule has 0 unspecified atom stereocenters. The number of rotatable bonds is 5. The lowest BCUT2D eigenvalue weighted by Gasteiger charge is -2.33. The van der Waals surface area contributed by atoms with Crippen molar-refractivity contribution in [2.75, 3.05) is 44.7 Å². The third-order valence-corrected chi connectivity index (χ3v) is 3.69. The molecule has 2 rings (SSSR count). The first-order valence-corrected chi connectivity index (χ1v) is 7.37. The predicted molar refractivity (Wildman–Crippen MR) is 80.7 cm³/mol. The molecule has 0 bridgehead atoms. The zero-order valence-corrected chi connectivity index (χ0v) is 12.4. The average Bonchev–Trinajstić information content (AvgIpc) is 2.45. The van der Waals surface area contributed by atoms with Gasteiger partial charge in [0, 0.05) is 38.4 Å². The van der Waals surface area contributed by atoms with Gasteiger partial charge < -0.3 is 15.1 Å². The number of anilines is 1. The Bertz CT molecular complexity index is 397. The fourth-order valence-electron chi connectivity index (χ4n) is 2.38. The third kappa shape index (κ3) is 3.91.